The monoisotopic (exact) mass is 422 g/mol. The summed E-state index contributed by atoms with van der Waals surface area (Å²) in [5.74, 6) is -0.868. The van der Waals surface area contributed by atoms with E-state index >= 15 is 0 Å². The smallest absolute Gasteiger partial charge is 0.372 e. The number of morpholine rings is 1. The number of carbonyl (C=O) groups is 1. The van der Waals surface area contributed by atoms with Gasteiger partial charge in [0.15, 0.2) is 0 Å². The highest BCUT2D eigenvalue weighted by molar-refractivity contribution is 5.89. The largest absolute Gasteiger partial charge is 0.451 e. The van der Waals surface area contributed by atoms with Crippen molar-refractivity contribution in [2.75, 3.05) is 31.1 Å². The zero-order valence-electron chi connectivity index (χ0n) is 17.0. The van der Waals surface area contributed by atoms with Gasteiger partial charge in [-0.1, -0.05) is 12.1 Å². The maximum Gasteiger partial charge on any atom is 0.451 e. The molecular formula is C21H25F3N4O2. The highest BCUT2D eigenvalue weighted by Crippen LogP contribution is 2.33. The second kappa shape index (κ2) is 8.02. The average Bonchev–Trinajstić information content (AvgIpc) is 2.71. The maximum atomic E-state index is 13.3. The number of alkyl halides is 3. The molecule has 2 aliphatic rings. The number of fused-ring (bicyclic) bond motifs is 1. The van der Waals surface area contributed by atoms with Crippen molar-refractivity contribution in [1.29, 1.82) is 0 Å². The maximum absolute atomic E-state index is 13.3. The molecule has 2 unspecified atom stereocenters. The lowest BCUT2D eigenvalue weighted by Gasteiger charge is -2.39. The summed E-state index contributed by atoms with van der Waals surface area (Å²) in [6, 6.07) is 6.72. The first-order valence-corrected chi connectivity index (χ1v) is 10.3. The average molecular weight is 422 g/mol. The lowest BCUT2D eigenvalue weighted by atomic mass is 9.94. The fourth-order valence-corrected chi connectivity index (χ4v) is 4.38. The first-order valence-electron chi connectivity index (χ1n) is 10.3. The van der Waals surface area contributed by atoms with E-state index < -0.39 is 12.0 Å². The van der Waals surface area contributed by atoms with Gasteiger partial charge in [-0.15, -0.1) is 0 Å². The summed E-state index contributed by atoms with van der Waals surface area (Å²) in [4.78, 5) is 24.2. The van der Waals surface area contributed by atoms with Gasteiger partial charge in [-0.3, -0.25) is 4.79 Å². The second-order valence-corrected chi connectivity index (χ2v) is 8.15. The van der Waals surface area contributed by atoms with E-state index in [-0.39, 0.29) is 35.4 Å². The summed E-state index contributed by atoms with van der Waals surface area (Å²) in [6.45, 7) is 6.02. The number of benzene rings is 1. The fraction of sp³-hybridized carbons (Fsp3) is 0.571. The third kappa shape index (κ3) is 4.21. The van der Waals surface area contributed by atoms with Crippen LogP contribution in [0.1, 0.15) is 32.5 Å². The second-order valence-electron chi connectivity index (χ2n) is 8.15. The van der Waals surface area contributed by atoms with Crippen molar-refractivity contribution in [3.63, 3.8) is 0 Å². The van der Waals surface area contributed by atoms with E-state index in [0.29, 0.717) is 44.4 Å². The number of anilines is 1. The topological polar surface area (TPSA) is 58.6 Å². The Morgan fingerprint density at radius 3 is 2.33 bits per heavy atom. The molecule has 1 aromatic heterocycles. The third-order valence-corrected chi connectivity index (χ3v) is 5.71. The van der Waals surface area contributed by atoms with E-state index in [1.807, 2.05) is 23.6 Å². The minimum absolute atomic E-state index is 0.00552. The molecular weight excluding hydrogens is 397 g/mol. The van der Waals surface area contributed by atoms with Crippen molar-refractivity contribution in [2.45, 2.75) is 45.1 Å². The van der Waals surface area contributed by atoms with E-state index in [1.165, 1.54) is 0 Å². The Balaban J connectivity index is 1.51. The van der Waals surface area contributed by atoms with Crippen LogP contribution in [0, 0.1) is 5.92 Å². The van der Waals surface area contributed by atoms with Gasteiger partial charge in [0.25, 0.3) is 0 Å². The summed E-state index contributed by atoms with van der Waals surface area (Å²) >= 11 is 0. The molecule has 1 aromatic carbocycles. The molecule has 30 heavy (non-hydrogen) atoms. The Hall–Kier alpha value is -2.42. The molecule has 2 aromatic rings. The summed E-state index contributed by atoms with van der Waals surface area (Å²) in [7, 11) is 0. The van der Waals surface area contributed by atoms with Crippen molar-refractivity contribution in [3.8, 4) is 0 Å². The molecule has 0 spiro atoms. The highest BCUT2D eigenvalue weighted by atomic mass is 19.4. The predicted molar refractivity (Wildman–Crippen MR) is 106 cm³/mol. The zero-order chi connectivity index (χ0) is 21.5. The van der Waals surface area contributed by atoms with Crippen LogP contribution in [0.5, 0.6) is 0 Å². The van der Waals surface area contributed by atoms with Crippen molar-refractivity contribution in [1.82, 2.24) is 14.9 Å². The van der Waals surface area contributed by atoms with Gasteiger partial charge in [0.1, 0.15) is 5.82 Å². The minimum Gasteiger partial charge on any atom is -0.372 e. The number of piperidine rings is 1. The number of hydrogen-bond acceptors (Lipinski definition) is 5. The van der Waals surface area contributed by atoms with E-state index in [9.17, 15) is 18.0 Å². The summed E-state index contributed by atoms with van der Waals surface area (Å²) in [5.41, 5.74) is 0.268. The number of carbonyl (C=O) groups excluding carboxylic acids is 1. The number of hydrogen-bond donors (Lipinski definition) is 0. The van der Waals surface area contributed by atoms with E-state index in [1.54, 1.807) is 24.3 Å². The normalized spacial score (nSPS) is 23.8. The van der Waals surface area contributed by atoms with E-state index in [2.05, 4.69) is 9.97 Å². The summed E-state index contributed by atoms with van der Waals surface area (Å²) in [6.07, 6.45) is -3.44. The van der Waals surface area contributed by atoms with Gasteiger partial charge in [-0.2, -0.15) is 13.2 Å². The van der Waals surface area contributed by atoms with E-state index in [0.717, 1.165) is 0 Å². The Morgan fingerprint density at radius 2 is 1.70 bits per heavy atom. The molecule has 2 saturated heterocycles. The molecule has 0 aliphatic carbocycles. The van der Waals surface area contributed by atoms with Gasteiger partial charge in [0.2, 0.25) is 11.7 Å². The molecule has 6 nitrogen and oxygen atoms in total. The first-order chi connectivity index (χ1) is 14.2. The summed E-state index contributed by atoms with van der Waals surface area (Å²) < 4.78 is 45.6. The van der Waals surface area contributed by atoms with Gasteiger partial charge in [0.05, 0.1) is 17.7 Å². The van der Waals surface area contributed by atoms with Crippen LogP contribution in [0.25, 0.3) is 10.9 Å². The summed E-state index contributed by atoms with van der Waals surface area (Å²) in [5, 5.41) is 0.589. The van der Waals surface area contributed by atoms with Crippen molar-refractivity contribution in [3.05, 3.63) is 30.1 Å². The Labute approximate surface area is 173 Å². The first kappa shape index (κ1) is 20.8. The predicted octanol–water partition coefficient (Wildman–Crippen LogP) is 3.50. The number of aromatic nitrogens is 2. The minimum atomic E-state index is -4.61. The molecule has 2 atom stereocenters. The quantitative estimate of drug-likeness (QED) is 0.742. The van der Waals surface area contributed by atoms with Crippen molar-refractivity contribution >= 4 is 22.6 Å². The van der Waals surface area contributed by atoms with E-state index in [4.69, 9.17) is 4.74 Å². The van der Waals surface area contributed by atoms with Crippen LogP contribution in [0.3, 0.4) is 0 Å². The Bertz CT molecular complexity index is 918. The van der Waals surface area contributed by atoms with Crippen LogP contribution in [-0.2, 0) is 15.7 Å². The molecule has 0 radical (unpaired) electrons. The van der Waals surface area contributed by atoms with Gasteiger partial charge >= 0.3 is 6.18 Å². The molecule has 2 fully saturated rings. The lowest BCUT2D eigenvalue weighted by molar-refractivity contribution is -0.148. The molecule has 162 valence electrons. The molecule has 0 N–H and O–H groups in total. The number of ether oxygens (including phenoxy) is 1. The number of nitrogens with zero attached hydrogens (tertiary/aromatic N) is 4. The van der Waals surface area contributed by atoms with Gasteiger partial charge < -0.3 is 14.5 Å². The molecule has 9 heteroatoms. The van der Waals surface area contributed by atoms with Gasteiger partial charge in [-0.05, 0) is 38.8 Å². The Kier molecular flexibility index (Phi) is 5.57. The van der Waals surface area contributed by atoms with Gasteiger partial charge in [0, 0.05) is 37.5 Å². The zero-order valence-corrected chi connectivity index (χ0v) is 17.0. The molecule has 4 rings (SSSR count). The molecule has 3 heterocycles. The standard InChI is InChI=1S/C21H25F3N4O2/c1-13-11-28(12-14(2)30-13)19(29)15-7-9-27(10-8-15)18-16-5-3-4-6-17(16)25-20(26-18)21(22,23)24/h3-6,13-15H,7-12H2,1-2H3. The number of para-hydroxylation sites is 1. The highest BCUT2D eigenvalue weighted by Gasteiger charge is 2.37. The van der Waals surface area contributed by atoms with Crippen LogP contribution in [-0.4, -0.2) is 59.2 Å². The molecule has 0 bridgehead atoms. The molecule has 2 aliphatic heterocycles. The van der Waals surface area contributed by atoms with Crippen molar-refractivity contribution in [2.24, 2.45) is 5.92 Å². The van der Waals surface area contributed by atoms with Crippen LogP contribution >= 0.6 is 0 Å². The van der Waals surface area contributed by atoms with Crippen LogP contribution in [0.15, 0.2) is 24.3 Å². The van der Waals surface area contributed by atoms with Crippen molar-refractivity contribution < 1.29 is 22.7 Å². The van der Waals surface area contributed by atoms with Crippen LogP contribution in [0.4, 0.5) is 19.0 Å². The van der Waals surface area contributed by atoms with Crippen LogP contribution in [0.2, 0.25) is 0 Å². The molecule has 0 saturated carbocycles. The third-order valence-electron chi connectivity index (χ3n) is 5.71. The fourth-order valence-electron chi connectivity index (χ4n) is 4.38. The van der Waals surface area contributed by atoms with Crippen LogP contribution < -0.4 is 4.90 Å². The number of amides is 1. The number of halogens is 3. The Morgan fingerprint density at radius 1 is 1.07 bits per heavy atom. The lowest BCUT2D eigenvalue weighted by Crippen LogP contribution is -2.51. The number of rotatable bonds is 2. The SMILES string of the molecule is CC1CN(C(=O)C2CCN(c3nc(C(F)(F)F)nc4ccccc34)CC2)CC(C)O1. The van der Waals surface area contributed by atoms with Gasteiger partial charge in [-0.25, -0.2) is 9.97 Å². The molecule has 1 amide bonds.